The molecule has 0 saturated heterocycles. The summed E-state index contributed by atoms with van der Waals surface area (Å²) in [5.74, 6) is -0.260. The summed E-state index contributed by atoms with van der Waals surface area (Å²) >= 11 is 5.73. The zero-order valence-electron chi connectivity index (χ0n) is 8.98. The molecule has 0 radical (unpaired) electrons. The van der Waals surface area contributed by atoms with Gasteiger partial charge in [-0.15, -0.1) is 0 Å². The summed E-state index contributed by atoms with van der Waals surface area (Å²) in [5.41, 5.74) is 6.24. The maximum Gasteiger partial charge on any atom is 0.128 e. The van der Waals surface area contributed by atoms with Gasteiger partial charge in [-0.2, -0.15) is 0 Å². The van der Waals surface area contributed by atoms with Gasteiger partial charge in [-0.25, -0.2) is 4.39 Å². The van der Waals surface area contributed by atoms with E-state index in [1.165, 1.54) is 6.07 Å². The number of halogens is 2. The summed E-state index contributed by atoms with van der Waals surface area (Å²) in [6.45, 7) is 3.98. The smallest absolute Gasteiger partial charge is 0.128 e. The molecule has 1 aromatic carbocycles. The molecule has 82 valence electrons. The maximum atomic E-state index is 13.8. The molecule has 0 spiro atoms. The van der Waals surface area contributed by atoms with Crippen molar-refractivity contribution in [1.82, 2.24) is 0 Å². The van der Waals surface area contributed by atoms with Crippen LogP contribution >= 0.6 is 11.6 Å². The molecule has 1 aliphatic rings. The molecule has 0 aliphatic heterocycles. The van der Waals surface area contributed by atoms with Crippen molar-refractivity contribution in [3.8, 4) is 0 Å². The predicted octanol–water partition coefficient (Wildman–Crippen LogP) is 3.25. The zero-order chi connectivity index (χ0) is 11.3. The standard InChI is InChI=1S/C12H15ClFN/c1-11(2,12(15)5-6-12)9-4-3-8(13)7-10(9)14/h3-4,7H,5-6,15H2,1-2H3. The Morgan fingerprint density at radius 2 is 2.00 bits per heavy atom. The lowest BCUT2D eigenvalue weighted by Crippen LogP contribution is -2.43. The third-order valence-electron chi connectivity index (χ3n) is 3.64. The van der Waals surface area contributed by atoms with Gasteiger partial charge in [0, 0.05) is 16.0 Å². The van der Waals surface area contributed by atoms with E-state index in [0.29, 0.717) is 10.6 Å². The molecular formula is C12H15ClFN. The van der Waals surface area contributed by atoms with Gasteiger partial charge >= 0.3 is 0 Å². The molecule has 0 unspecified atom stereocenters. The molecule has 3 heteroatoms. The molecule has 1 aliphatic carbocycles. The molecule has 15 heavy (non-hydrogen) atoms. The summed E-state index contributed by atoms with van der Waals surface area (Å²) in [5, 5.41) is 0.425. The number of nitrogens with two attached hydrogens (primary N) is 1. The summed E-state index contributed by atoms with van der Waals surface area (Å²) in [4.78, 5) is 0. The third kappa shape index (κ3) is 1.66. The van der Waals surface area contributed by atoms with E-state index >= 15 is 0 Å². The van der Waals surface area contributed by atoms with Crippen LogP contribution in [0, 0.1) is 5.82 Å². The molecule has 0 aromatic heterocycles. The quantitative estimate of drug-likeness (QED) is 0.825. The number of hydrogen-bond donors (Lipinski definition) is 1. The van der Waals surface area contributed by atoms with Gasteiger partial charge in [-0.05, 0) is 30.5 Å². The van der Waals surface area contributed by atoms with Crippen LogP contribution in [0.25, 0.3) is 0 Å². The Bertz CT molecular complexity index is 397. The minimum atomic E-state index is -0.332. The average molecular weight is 228 g/mol. The molecule has 0 amide bonds. The fourth-order valence-electron chi connectivity index (χ4n) is 2.02. The van der Waals surface area contributed by atoms with E-state index < -0.39 is 0 Å². The first-order valence-corrected chi connectivity index (χ1v) is 5.49. The van der Waals surface area contributed by atoms with Gasteiger partial charge in [0.2, 0.25) is 0 Å². The summed E-state index contributed by atoms with van der Waals surface area (Å²) in [6, 6.07) is 4.81. The van der Waals surface area contributed by atoms with Gasteiger partial charge in [0.15, 0.2) is 0 Å². The van der Waals surface area contributed by atoms with Crippen molar-refractivity contribution in [2.24, 2.45) is 5.73 Å². The van der Waals surface area contributed by atoms with Gasteiger partial charge in [0.25, 0.3) is 0 Å². The minimum Gasteiger partial charge on any atom is -0.324 e. The van der Waals surface area contributed by atoms with Crippen LogP contribution in [0.1, 0.15) is 32.3 Å². The highest BCUT2D eigenvalue weighted by molar-refractivity contribution is 6.30. The van der Waals surface area contributed by atoms with E-state index in [2.05, 4.69) is 0 Å². The number of hydrogen-bond acceptors (Lipinski definition) is 1. The lowest BCUT2D eigenvalue weighted by molar-refractivity contribution is 0.374. The Kier molecular flexibility index (Phi) is 2.32. The number of rotatable bonds is 2. The highest BCUT2D eigenvalue weighted by Crippen LogP contribution is 2.49. The summed E-state index contributed by atoms with van der Waals surface area (Å²) in [7, 11) is 0. The van der Waals surface area contributed by atoms with Crippen LogP contribution in [-0.4, -0.2) is 5.54 Å². The Morgan fingerprint density at radius 3 is 2.47 bits per heavy atom. The molecule has 1 fully saturated rings. The van der Waals surface area contributed by atoms with Gasteiger partial charge in [0.1, 0.15) is 5.82 Å². The molecule has 0 bridgehead atoms. The molecule has 1 aromatic rings. The first kappa shape index (κ1) is 10.9. The second kappa shape index (κ2) is 3.19. The Hall–Kier alpha value is -0.600. The topological polar surface area (TPSA) is 26.0 Å². The van der Waals surface area contributed by atoms with Crippen LogP contribution in [-0.2, 0) is 5.41 Å². The molecule has 2 N–H and O–H groups in total. The van der Waals surface area contributed by atoms with E-state index in [4.69, 9.17) is 17.3 Å². The maximum absolute atomic E-state index is 13.8. The van der Waals surface area contributed by atoms with Crippen molar-refractivity contribution in [2.45, 2.75) is 37.6 Å². The van der Waals surface area contributed by atoms with Crippen LogP contribution < -0.4 is 5.73 Å². The van der Waals surface area contributed by atoms with Gasteiger partial charge in [-0.1, -0.05) is 31.5 Å². The van der Waals surface area contributed by atoms with E-state index in [9.17, 15) is 4.39 Å². The lowest BCUT2D eigenvalue weighted by Gasteiger charge is -2.32. The summed E-state index contributed by atoms with van der Waals surface area (Å²) in [6.07, 6.45) is 1.92. The molecule has 0 atom stereocenters. The predicted molar refractivity (Wildman–Crippen MR) is 60.6 cm³/mol. The Morgan fingerprint density at radius 1 is 1.40 bits per heavy atom. The molecule has 2 rings (SSSR count). The van der Waals surface area contributed by atoms with E-state index in [-0.39, 0.29) is 16.8 Å². The van der Waals surface area contributed by atoms with Crippen LogP contribution in [0.15, 0.2) is 18.2 Å². The monoisotopic (exact) mass is 227 g/mol. The van der Waals surface area contributed by atoms with Crippen LogP contribution in [0.2, 0.25) is 5.02 Å². The van der Waals surface area contributed by atoms with Crippen molar-refractivity contribution in [3.05, 3.63) is 34.6 Å². The van der Waals surface area contributed by atoms with E-state index in [1.54, 1.807) is 12.1 Å². The first-order valence-electron chi connectivity index (χ1n) is 5.11. The Labute approximate surface area is 94.4 Å². The fourth-order valence-corrected chi connectivity index (χ4v) is 2.18. The van der Waals surface area contributed by atoms with E-state index in [0.717, 1.165) is 12.8 Å². The number of benzene rings is 1. The van der Waals surface area contributed by atoms with Crippen LogP contribution in [0.4, 0.5) is 4.39 Å². The Balaban J connectivity index is 2.45. The third-order valence-corrected chi connectivity index (χ3v) is 3.87. The van der Waals surface area contributed by atoms with Gasteiger partial charge in [-0.3, -0.25) is 0 Å². The zero-order valence-corrected chi connectivity index (χ0v) is 9.74. The second-order valence-corrected chi connectivity index (χ2v) is 5.34. The highest BCUT2D eigenvalue weighted by Gasteiger charge is 2.52. The molecule has 0 heterocycles. The van der Waals surface area contributed by atoms with E-state index in [1.807, 2.05) is 13.8 Å². The van der Waals surface area contributed by atoms with Crippen LogP contribution in [0.5, 0.6) is 0 Å². The first-order chi connectivity index (χ1) is 6.87. The van der Waals surface area contributed by atoms with Crippen molar-refractivity contribution in [2.75, 3.05) is 0 Å². The molecule has 1 saturated carbocycles. The SMILES string of the molecule is CC(C)(c1ccc(Cl)cc1F)C1(N)CC1. The lowest BCUT2D eigenvalue weighted by atomic mass is 9.76. The minimum absolute atomic E-state index is 0.248. The average Bonchev–Trinajstić information content (AvgIpc) is 2.84. The molecule has 1 nitrogen and oxygen atoms in total. The fraction of sp³-hybridized carbons (Fsp3) is 0.500. The van der Waals surface area contributed by atoms with Crippen LogP contribution in [0.3, 0.4) is 0 Å². The largest absolute Gasteiger partial charge is 0.324 e. The molecular weight excluding hydrogens is 213 g/mol. The highest BCUT2D eigenvalue weighted by atomic mass is 35.5. The van der Waals surface area contributed by atoms with Crippen molar-refractivity contribution < 1.29 is 4.39 Å². The summed E-state index contributed by atoms with van der Waals surface area (Å²) < 4.78 is 13.8. The van der Waals surface area contributed by atoms with Gasteiger partial charge in [0.05, 0.1) is 0 Å². The van der Waals surface area contributed by atoms with Crippen molar-refractivity contribution in [3.63, 3.8) is 0 Å². The second-order valence-electron chi connectivity index (χ2n) is 4.91. The normalized spacial score (nSPS) is 19.0. The van der Waals surface area contributed by atoms with Gasteiger partial charge < -0.3 is 5.73 Å². The van der Waals surface area contributed by atoms with Crippen molar-refractivity contribution >= 4 is 11.6 Å². The van der Waals surface area contributed by atoms with Crippen molar-refractivity contribution in [1.29, 1.82) is 0 Å².